The van der Waals surface area contributed by atoms with Gasteiger partial charge in [-0.2, -0.15) is 0 Å². The molecule has 1 rings (SSSR count). The van der Waals surface area contributed by atoms with Crippen LogP contribution >= 0.6 is 0 Å². The molecule has 1 aliphatic carbocycles. The largest absolute Gasteiger partial charge is 0.103 e. The van der Waals surface area contributed by atoms with Crippen molar-refractivity contribution >= 4 is 8.07 Å². The Morgan fingerprint density at radius 1 is 1.00 bits per heavy atom. The van der Waals surface area contributed by atoms with Crippen LogP contribution in [0.3, 0.4) is 0 Å². The molecule has 0 amide bonds. The molecule has 0 aromatic heterocycles. The van der Waals surface area contributed by atoms with Crippen molar-refractivity contribution in [3.05, 3.63) is 24.8 Å². The Morgan fingerprint density at radius 2 is 1.62 bits per heavy atom. The molecule has 1 saturated carbocycles. The zero-order valence-electron chi connectivity index (χ0n) is 14.9. The molecular weight excluding hydrogens is 268 g/mol. The maximum atomic E-state index is 4.15. The summed E-state index contributed by atoms with van der Waals surface area (Å²) in [7, 11) is -1.09. The van der Waals surface area contributed by atoms with Crippen molar-refractivity contribution in [1.29, 1.82) is 0 Å². The van der Waals surface area contributed by atoms with Gasteiger partial charge in [0.25, 0.3) is 0 Å². The van der Waals surface area contributed by atoms with Crippen LogP contribution < -0.4 is 0 Å². The second-order valence-corrected chi connectivity index (χ2v) is 12.6. The fraction of sp³-hybridized carbons (Fsp3) is 0.800. The van der Waals surface area contributed by atoms with E-state index < -0.39 is 8.07 Å². The minimum Gasteiger partial charge on any atom is -0.103 e. The van der Waals surface area contributed by atoms with Crippen molar-refractivity contribution in [3.8, 4) is 0 Å². The second-order valence-electron chi connectivity index (χ2n) is 7.05. The molecule has 0 aromatic carbocycles. The second kappa shape index (κ2) is 10.4. The van der Waals surface area contributed by atoms with Crippen molar-refractivity contribution < 1.29 is 0 Å². The van der Waals surface area contributed by atoms with Crippen LogP contribution in [0.15, 0.2) is 24.8 Å². The van der Waals surface area contributed by atoms with Gasteiger partial charge in [0.15, 0.2) is 0 Å². The van der Waals surface area contributed by atoms with Gasteiger partial charge in [-0.25, -0.2) is 0 Å². The van der Waals surface area contributed by atoms with Gasteiger partial charge in [0, 0.05) is 0 Å². The van der Waals surface area contributed by atoms with Crippen LogP contribution in [0.1, 0.15) is 72.1 Å². The van der Waals surface area contributed by atoms with Crippen LogP contribution in [-0.4, -0.2) is 8.07 Å². The molecule has 0 radical (unpaired) electrons. The Bertz CT molecular complexity index is 287. The van der Waals surface area contributed by atoms with Crippen molar-refractivity contribution in [2.24, 2.45) is 5.92 Å². The monoisotopic (exact) mass is 306 g/mol. The first-order valence-electron chi connectivity index (χ1n) is 9.50. The highest BCUT2D eigenvalue weighted by molar-refractivity contribution is 6.81. The summed E-state index contributed by atoms with van der Waals surface area (Å²) >= 11 is 0. The minimum absolute atomic E-state index is 0.817. The summed E-state index contributed by atoms with van der Waals surface area (Å²) in [6.07, 6.45) is 18.5. The zero-order chi connectivity index (χ0) is 15.6. The Kier molecular flexibility index (Phi) is 9.31. The van der Waals surface area contributed by atoms with E-state index in [2.05, 4.69) is 45.6 Å². The van der Waals surface area contributed by atoms with Crippen LogP contribution in [0.4, 0.5) is 0 Å². The Labute approximate surface area is 135 Å². The van der Waals surface area contributed by atoms with Gasteiger partial charge in [-0.05, 0) is 30.7 Å². The summed E-state index contributed by atoms with van der Waals surface area (Å²) in [4.78, 5) is 0. The fourth-order valence-corrected chi connectivity index (χ4v) is 8.67. The lowest BCUT2D eigenvalue weighted by atomic mass is 9.87. The molecule has 0 aliphatic heterocycles. The molecule has 0 N–H and O–H groups in total. The van der Waals surface area contributed by atoms with Crippen LogP contribution in [0.2, 0.25) is 23.7 Å². The van der Waals surface area contributed by atoms with Gasteiger partial charge in [-0.1, -0.05) is 89.2 Å². The van der Waals surface area contributed by atoms with E-state index in [0.717, 1.165) is 11.5 Å². The lowest BCUT2D eigenvalue weighted by molar-refractivity contribution is 0.361. The quantitative estimate of drug-likeness (QED) is 0.292. The lowest BCUT2D eigenvalue weighted by Gasteiger charge is -2.35. The molecule has 0 nitrogen and oxygen atoms in total. The Balaban J connectivity index is 2.35. The summed E-state index contributed by atoms with van der Waals surface area (Å²) in [6, 6.07) is 4.26. The van der Waals surface area contributed by atoms with E-state index in [0.29, 0.717) is 0 Å². The van der Waals surface area contributed by atoms with Gasteiger partial charge in [0.05, 0.1) is 8.07 Å². The highest BCUT2D eigenvalue weighted by Crippen LogP contribution is 2.37. The van der Waals surface area contributed by atoms with Crippen molar-refractivity contribution in [2.45, 2.75) is 95.8 Å². The molecule has 0 bridgehead atoms. The number of rotatable bonds is 10. The molecule has 1 aliphatic rings. The third-order valence-corrected chi connectivity index (χ3v) is 12.5. The first kappa shape index (κ1) is 18.7. The molecule has 0 saturated heterocycles. The summed E-state index contributed by atoms with van der Waals surface area (Å²) in [5, 5.41) is 0. The Morgan fingerprint density at radius 3 is 2.14 bits per heavy atom. The van der Waals surface area contributed by atoms with Gasteiger partial charge in [0.2, 0.25) is 0 Å². The molecule has 1 heteroatoms. The maximum absolute atomic E-state index is 4.15. The number of hydrogen-bond acceptors (Lipinski definition) is 0. The molecule has 1 fully saturated rings. The third-order valence-electron chi connectivity index (χ3n) is 6.19. The fourth-order valence-electron chi connectivity index (χ4n) is 4.32. The van der Waals surface area contributed by atoms with E-state index in [9.17, 15) is 0 Å². The number of allylic oxidation sites excluding steroid dienone is 3. The van der Waals surface area contributed by atoms with Gasteiger partial charge in [0.1, 0.15) is 0 Å². The maximum Gasteiger partial charge on any atom is 0.0596 e. The van der Waals surface area contributed by atoms with Gasteiger partial charge < -0.3 is 0 Å². The molecule has 0 aromatic rings. The smallest absolute Gasteiger partial charge is 0.0596 e. The molecule has 1 unspecified atom stereocenters. The zero-order valence-corrected chi connectivity index (χ0v) is 15.9. The van der Waals surface area contributed by atoms with Crippen LogP contribution in [0.5, 0.6) is 0 Å². The van der Waals surface area contributed by atoms with E-state index in [1.165, 1.54) is 69.5 Å². The van der Waals surface area contributed by atoms with Crippen LogP contribution in [0.25, 0.3) is 0 Å². The molecule has 122 valence electrons. The minimum atomic E-state index is -1.09. The highest BCUT2D eigenvalue weighted by Gasteiger charge is 2.33. The van der Waals surface area contributed by atoms with Crippen molar-refractivity contribution in [1.82, 2.24) is 0 Å². The van der Waals surface area contributed by atoms with E-state index in [-0.39, 0.29) is 0 Å². The third kappa shape index (κ3) is 5.77. The molecule has 0 heterocycles. The molecule has 0 spiro atoms. The van der Waals surface area contributed by atoms with Gasteiger partial charge in [-0.15, -0.1) is 6.58 Å². The summed E-state index contributed by atoms with van der Waals surface area (Å²) < 4.78 is 0. The number of hydrogen-bond donors (Lipinski definition) is 0. The predicted molar refractivity (Wildman–Crippen MR) is 101 cm³/mol. The Hall–Kier alpha value is -0.303. The first-order valence-corrected chi connectivity index (χ1v) is 12.2. The van der Waals surface area contributed by atoms with Gasteiger partial charge in [-0.3, -0.25) is 0 Å². The normalized spacial score (nSPS) is 19.0. The van der Waals surface area contributed by atoms with E-state index >= 15 is 0 Å². The molecular formula is C20H38Si. The van der Waals surface area contributed by atoms with E-state index in [4.69, 9.17) is 0 Å². The first-order chi connectivity index (χ1) is 10.2. The van der Waals surface area contributed by atoms with Crippen molar-refractivity contribution in [2.75, 3.05) is 0 Å². The average molecular weight is 307 g/mol. The van der Waals surface area contributed by atoms with Crippen LogP contribution in [0, 0.1) is 5.92 Å². The highest BCUT2D eigenvalue weighted by atomic mass is 28.3. The lowest BCUT2D eigenvalue weighted by Crippen LogP contribution is -2.36. The summed E-state index contributed by atoms with van der Waals surface area (Å²) in [5.41, 5.74) is 0.817. The van der Waals surface area contributed by atoms with Gasteiger partial charge >= 0.3 is 0 Å². The summed E-state index contributed by atoms with van der Waals surface area (Å²) in [6.45, 7) is 11.4. The topological polar surface area (TPSA) is 0 Å². The summed E-state index contributed by atoms with van der Waals surface area (Å²) in [5.74, 6) is 0.987. The van der Waals surface area contributed by atoms with E-state index in [1.54, 1.807) is 0 Å². The van der Waals surface area contributed by atoms with E-state index in [1.807, 2.05) is 0 Å². The van der Waals surface area contributed by atoms with Crippen LogP contribution in [-0.2, 0) is 0 Å². The van der Waals surface area contributed by atoms with Crippen molar-refractivity contribution in [3.63, 3.8) is 0 Å². The average Bonchev–Trinajstić information content (AvgIpc) is 2.55. The molecule has 1 atom stereocenters. The molecule has 21 heavy (non-hydrogen) atoms. The predicted octanol–water partition coefficient (Wildman–Crippen LogP) is 7.36. The standard InChI is InChI=1S/C20H38Si/c1-5-20(21(6-2,7-3)8-4)18-14-10-13-17-19-15-11-9-12-16-19/h5,10,13,19-20H,1,6-9,11-12,14-18H2,2-4H3/b13-10+. The SMILES string of the molecule is C=CC(CC/C=C/CC1CCCCC1)[Si](CC)(CC)CC.